The van der Waals surface area contributed by atoms with Gasteiger partial charge >= 0.3 is 0 Å². The molecular formula is C9H9ClFNO2. The van der Waals surface area contributed by atoms with Crippen molar-refractivity contribution in [3.8, 4) is 5.75 Å². The van der Waals surface area contributed by atoms with E-state index in [0.29, 0.717) is 24.6 Å². The van der Waals surface area contributed by atoms with E-state index in [-0.39, 0.29) is 10.6 Å². The fourth-order valence-electron chi connectivity index (χ4n) is 1.45. The van der Waals surface area contributed by atoms with E-state index in [9.17, 15) is 4.39 Å². The molecule has 1 aromatic carbocycles. The lowest BCUT2D eigenvalue weighted by Gasteiger charge is -2.22. The predicted octanol–water partition coefficient (Wildman–Crippen LogP) is 1.78. The molecule has 0 saturated carbocycles. The Labute approximate surface area is 85.4 Å². The van der Waals surface area contributed by atoms with Crippen LogP contribution in [0.15, 0.2) is 6.07 Å². The highest BCUT2D eigenvalue weighted by atomic mass is 35.5. The van der Waals surface area contributed by atoms with Gasteiger partial charge in [-0.2, -0.15) is 0 Å². The van der Waals surface area contributed by atoms with Gasteiger partial charge < -0.3 is 15.2 Å². The molecule has 0 bridgehead atoms. The lowest BCUT2D eigenvalue weighted by atomic mass is 10.1. The highest BCUT2D eigenvalue weighted by Gasteiger charge is 2.19. The fraction of sp³-hybridized carbons (Fsp3) is 0.333. The second kappa shape index (κ2) is 3.63. The highest BCUT2D eigenvalue weighted by Crippen LogP contribution is 2.36. The molecule has 2 rings (SSSR count). The van der Waals surface area contributed by atoms with Crippen molar-refractivity contribution < 1.29 is 14.2 Å². The largest absolute Gasteiger partial charge is 0.490 e. The summed E-state index contributed by atoms with van der Waals surface area (Å²) >= 11 is 5.64. The maximum absolute atomic E-state index is 13.4. The molecule has 0 amide bonds. The average molecular weight is 218 g/mol. The summed E-state index contributed by atoms with van der Waals surface area (Å²) in [6.07, 6.45) is 0. The Hall–Kier alpha value is -1.00. The van der Waals surface area contributed by atoms with Crippen LogP contribution in [0.4, 0.5) is 10.1 Å². The Morgan fingerprint density at radius 2 is 2.43 bits per heavy atom. The molecule has 14 heavy (non-hydrogen) atoms. The van der Waals surface area contributed by atoms with Gasteiger partial charge in [-0.25, -0.2) is 4.39 Å². The number of aliphatic hydroxyl groups excluding tert-OH is 1. The number of benzene rings is 1. The highest BCUT2D eigenvalue weighted by molar-refractivity contribution is 6.31. The Balaban J connectivity index is 2.60. The third-order valence-electron chi connectivity index (χ3n) is 2.10. The molecule has 76 valence electrons. The first kappa shape index (κ1) is 9.55. The van der Waals surface area contributed by atoms with E-state index in [1.165, 1.54) is 6.07 Å². The van der Waals surface area contributed by atoms with E-state index in [0.717, 1.165) is 0 Å². The first-order valence-electron chi connectivity index (χ1n) is 4.22. The molecule has 1 heterocycles. The van der Waals surface area contributed by atoms with Crippen molar-refractivity contribution in [1.29, 1.82) is 0 Å². The lowest BCUT2D eigenvalue weighted by Crippen LogP contribution is -2.20. The van der Waals surface area contributed by atoms with Crippen molar-refractivity contribution in [2.75, 3.05) is 18.5 Å². The monoisotopic (exact) mass is 217 g/mol. The lowest BCUT2D eigenvalue weighted by molar-refractivity contribution is 0.272. The van der Waals surface area contributed by atoms with Crippen LogP contribution in [0.25, 0.3) is 0 Å². The molecule has 0 saturated heterocycles. The zero-order valence-corrected chi connectivity index (χ0v) is 8.07. The summed E-state index contributed by atoms with van der Waals surface area (Å²) in [4.78, 5) is 0. The van der Waals surface area contributed by atoms with Crippen molar-refractivity contribution >= 4 is 17.3 Å². The molecule has 0 radical (unpaired) electrons. The van der Waals surface area contributed by atoms with E-state index in [4.69, 9.17) is 21.4 Å². The van der Waals surface area contributed by atoms with Crippen molar-refractivity contribution in [2.45, 2.75) is 6.61 Å². The summed E-state index contributed by atoms with van der Waals surface area (Å²) in [6, 6.07) is 1.41. The molecule has 5 heteroatoms. The first-order valence-corrected chi connectivity index (χ1v) is 4.60. The van der Waals surface area contributed by atoms with Crippen LogP contribution in [0.3, 0.4) is 0 Å². The molecule has 0 fully saturated rings. The van der Waals surface area contributed by atoms with E-state index >= 15 is 0 Å². The van der Waals surface area contributed by atoms with Gasteiger partial charge in [-0.1, -0.05) is 11.6 Å². The van der Waals surface area contributed by atoms with E-state index in [2.05, 4.69) is 5.32 Å². The molecular weight excluding hydrogens is 209 g/mol. The first-order chi connectivity index (χ1) is 6.74. The van der Waals surface area contributed by atoms with Crippen LogP contribution in [-0.4, -0.2) is 18.3 Å². The third kappa shape index (κ3) is 1.40. The van der Waals surface area contributed by atoms with Gasteiger partial charge in [0, 0.05) is 18.2 Å². The minimum absolute atomic E-state index is 0.0310. The number of fused-ring (bicyclic) bond motifs is 1. The quantitative estimate of drug-likeness (QED) is 0.754. The van der Waals surface area contributed by atoms with E-state index < -0.39 is 12.4 Å². The average Bonchev–Trinajstić information content (AvgIpc) is 2.20. The van der Waals surface area contributed by atoms with E-state index in [1.54, 1.807) is 0 Å². The van der Waals surface area contributed by atoms with Gasteiger partial charge in [0.1, 0.15) is 18.2 Å². The summed E-state index contributed by atoms with van der Waals surface area (Å²) in [5, 5.41) is 11.9. The van der Waals surface area contributed by atoms with Crippen LogP contribution < -0.4 is 10.1 Å². The fourth-order valence-corrected chi connectivity index (χ4v) is 1.66. The van der Waals surface area contributed by atoms with Crippen molar-refractivity contribution in [3.63, 3.8) is 0 Å². The topological polar surface area (TPSA) is 41.5 Å². The van der Waals surface area contributed by atoms with Crippen LogP contribution in [-0.2, 0) is 6.61 Å². The maximum atomic E-state index is 13.4. The summed E-state index contributed by atoms with van der Waals surface area (Å²) in [5.74, 6) is -0.0994. The molecule has 2 N–H and O–H groups in total. The van der Waals surface area contributed by atoms with Gasteiger partial charge in [0.05, 0.1) is 17.3 Å². The molecule has 0 unspecified atom stereocenters. The molecule has 3 nitrogen and oxygen atoms in total. The van der Waals surface area contributed by atoms with Crippen molar-refractivity contribution in [1.82, 2.24) is 0 Å². The third-order valence-corrected chi connectivity index (χ3v) is 2.38. The number of rotatable bonds is 1. The zero-order valence-electron chi connectivity index (χ0n) is 7.31. The summed E-state index contributed by atoms with van der Waals surface area (Å²) in [5.41, 5.74) is 0.660. The number of nitrogens with one attached hydrogen (secondary N) is 1. The standard InChI is InChI=1S/C9H9ClFNO2/c10-6-3-7-9(12-1-2-14-7)5(4-13)8(6)11/h3,12-13H,1-2,4H2. The minimum atomic E-state index is -0.592. The Morgan fingerprint density at radius 1 is 1.64 bits per heavy atom. The molecule has 1 aromatic rings. The molecule has 0 spiro atoms. The van der Waals surface area contributed by atoms with Crippen LogP contribution in [0, 0.1) is 5.82 Å². The second-order valence-electron chi connectivity index (χ2n) is 2.96. The number of aliphatic hydroxyl groups is 1. The molecule has 1 aliphatic heterocycles. The van der Waals surface area contributed by atoms with Crippen LogP contribution in [0.5, 0.6) is 5.75 Å². The number of ether oxygens (including phenoxy) is 1. The Morgan fingerprint density at radius 3 is 3.14 bits per heavy atom. The van der Waals surface area contributed by atoms with Gasteiger partial charge in [0.25, 0.3) is 0 Å². The number of hydrogen-bond donors (Lipinski definition) is 2. The maximum Gasteiger partial charge on any atom is 0.149 e. The zero-order chi connectivity index (χ0) is 10.1. The Kier molecular flexibility index (Phi) is 2.48. The normalized spacial score (nSPS) is 14.2. The van der Waals surface area contributed by atoms with Gasteiger partial charge in [-0.05, 0) is 0 Å². The van der Waals surface area contributed by atoms with Gasteiger partial charge in [0.15, 0.2) is 0 Å². The number of halogens is 2. The van der Waals surface area contributed by atoms with Crippen LogP contribution in [0.2, 0.25) is 5.02 Å². The number of anilines is 1. The minimum Gasteiger partial charge on any atom is -0.490 e. The van der Waals surface area contributed by atoms with E-state index in [1.807, 2.05) is 0 Å². The second-order valence-corrected chi connectivity index (χ2v) is 3.36. The van der Waals surface area contributed by atoms with Crippen molar-refractivity contribution in [2.24, 2.45) is 0 Å². The predicted molar refractivity (Wildman–Crippen MR) is 51.3 cm³/mol. The summed E-state index contributed by atoms with van der Waals surface area (Å²) < 4.78 is 18.7. The van der Waals surface area contributed by atoms with Crippen LogP contribution in [0.1, 0.15) is 5.56 Å². The summed E-state index contributed by atoms with van der Waals surface area (Å²) in [6.45, 7) is 0.714. The summed E-state index contributed by atoms with van der Waals surface area (Å²) in [7, 11) is 0. The number of hydrogen-bond acceptors (Lipinski definition) is 3. The van der Waals surface area contributed by atoms with Crippen molar-refractivity contribution in [3.05, 3.63) is 22.5 Å². The van der Waals surface area contributed by atoms with Crippen LogP contribution >= 0.6 is 11.6 Å². The van der Waals surface area contributed by atoms with Gasteiger partial charge in [0.2, 0.25) is 0 Å². The molecule has 0 aromatic heterocycles. The molecule has 0 aliphatic carbocycles. The van der Waals surface area contributed by atoms with Gasteiger partial charge in [-0.15, -0.1) is 0 Å². The molecule has 0 atom stereocenters. The smallest absolute Gasteiger partial charge is 0.149 e. The van der Waals surface area contributed by atoms with Gasteiger partial charge in [-0.3, -0.25) is 0 Å². The Bertz CT molecular complexity index is 370. The molecule has 1 aliphatic rings. The SMILES string of the molecule is OCc1c(F)c(Cl)cc2c1NCCO2.